The van der Waals surface area contributed by atoms with E-state index >= 15 is 0 Å². The molecule has 4 nitrogen and oxygen atoms in total. The molecule has 1 aromatic carbocycles. The highest BCUT2D eigenvalue weighted by Crippen LogP contribution is 2.36. The van der Waals surface area contributed by atoms with Gasteiger partial charge in [-0.15, -0.1) is 0 Å². The highest BCUT2D eigenvalue weighted by molar-refractivity contribution is 6.62. The number of hydrogen-bond donors (Lipinski definition) is 0. The van der Waals surface area contributed by atoms with Crippen molar-refractivity contribution in [1.82, 2.24) is 4.57 Å². The fourth-order valence-corrected chi connectivity index (χ4v) is 2.80. The molecule has 22 heavy (non-hydrogen) atoms. The van der Waals surface area contributed by atoms with Crippen molar-refractivity contribution in [3.05, 3.63) is 30.0 Å². The first-order chi connectivity index (χ1) is 10.1. The lowest BCUT2D eigenvalue weighted by molar-refractivity contribution is 0.00578. The first-order valence-electron chi connectivity index (χ1n) is 7.60. The normalized spacial score (nSPS) is 19.8. The van der Waals surface area contributed by atoms with E-state index in [9.17, 15) is 4.79 Å². The van der Waals surface area contributed by atoms with Gasteiger partial charge in [0.25, 0.3) is 0 Å². The second-order valence-corrected chi connectivity index (χ2v) is 7.07. The molecule has 2 heterocycles. The van der Waals surface area contributed by atoms with Crippen molar-refractivity contribution in [1.29, 1.82) is 0 Å². The molecule has 0 radical (unpaired) electrons. The van der Waals surface area contributed by atoms with Crippen LogP contribution in [0.15, 0.2) is 24.4 Å². The van der Waals surface area contributed by atoms with Gasteiger partial charge < -0.3 is 9.31 Å². The van der Waals surface area contributed by atoms with Crippen molar-refractivity contribution < 1.29 is 14.1 Å². The molecule has 116 valence electrons. The van der Waals surface area contributed by atoms with Crippen LogP contribution in [-0.4, -0.2) is 28.8 Å². The van der Waals surface area contributed by atoms with Crippen LogP contribution in [0.2, 0.25) is 0 Å². The van der Waals surface area contributed by atoms with Crippen molar-refractivity contribution in [2.24, 2.45) is 0 Å². The summed E-state index contributed by atoms with van der Waals surface area (Å²) in [4.78, 5) is 11.7. The quantitative estimate of drug-likeness (QED) is 0.760. The van der Waals surface area contributed by atoms with Gasteiger partial charge in [0.2, 0.25) is 5.91 Å². The van der Waals surface area contributed by atoms with Crippen LogP contribution in [0.3, 0.4) is 0 Å². The Hall–Kier alpha value is -1.59. The Morgan fingerprint density at radius 3 is 2.27 bits per heavy atom. The van der Waals surface area contributed by atoms with Crippen LogP contribution in [0.5, 0.6) is 0 Å². The van der Waals surface area contributed by atoms with Crippen molar-refractivity contribution >= 4 is 29.4 Å². The molecule has 0 aliphatic carbocycles. The standard InChI is InChI=1S/C17H22BNO3/c1-11-10-19(12(2)20)15-8-7-13(9-14(11)15)18-21-16(3,4)17(5,6)22-18/h7-10H,1-6H3. The molecule has 0 saturated carbocycles. The molecule has 1 saturated heterocycles. The van der Waals surface area contributed by atoms with E-state index in [-0.39, 0.29) is 24.2 Å². The molecule has 0 amide bonds. The van der Waals surface area contributed by atoms with E-state index in [2.05, 4.69) is 6.07 Å². The molecule has 5 heteroatoms. The van der Waals surface area contributed by atoms with Crippen molar-refractivity contribution in [3.8, 4) is 0 Å². The Morgan fingerprint density at radius 1 is 1.14 bits per heavy atom. The number of hydrogen-bond acceptors (Lipinski definition) is 3. The highest BCUT2D eigenvalue weighted by Gasteiger charge is 2.51. The van der Waals surface area contributed by atoms with Gasteiger partial charge in [-0.1, -0.05) is 12.1 Å². The minimum absolute atomic E-state index is 0.0153. The Bertz CT molecular complexity index is 745. The maximum atomic E-state index is 11.7. The molecular weight excluding hydrogens is 277 g/mol. The monoisotopic (exact) mass is 299 g/mol. The summed E-state index contributed by atoms with van der Waals surface area (Å²) >= 11 is 0. The van der Waals surface area contributed by atoms with Gasteiger partial charge in [0.05, 0.1) is 16.7 Å². The van der Waals surface area contributed by atoms with Gasteiger partial charge >= 0.3 is 7.12 Å². The maximum Gasteiger partial charge on any atom is 0.494 e. The zero-order valence-corrected chi connectivity index (χ0v) is 14.1. The molecule has 0 spiro atoms. The van der Waals surface area contributed by atoms with E-state index in [4.69, 9.17) is 9.31 Å². The molecule has 0 atom stereocenters. The van der Waals surface area contributed by atoms with Crippen molar-refractivity contribution in [3.63, 3.8) is 0 Å². The molecule has 1 aromatic heterocycles. The highest BCUT2D eigenvalue weighted by atomic mass is 16.7. The summed E-state index contributed by atoms with van der Waals surface area (Å²) in [5.74, 6) is 0.0153. The summed E-state index contributed by atoms with van der Waals surface area (Å²) in [5, 5.41) is 1.06. The smallest absolute Gasteiger partial charge is 0.399 e. The fraction of sp³-hybridized carbons (Fsp3) is 0.471. The summed E-state index contributed by atoms with van der Waals surface area (Å²) in [5.41, 5.74) is 2.27. The van der Waals surface area contributed by atoms with Gasteiger partial charge in [-0.2, -0.15) is 0 Å². The molecular formula is C17H22BNO3. The minimum atomic E-state index is -0.380. The number of rotatable bonds is 1. The molecule has 0 bridgehead atoms. The number of nitrogens with zero attached hydrogens (tertiary/aromatic N) is 1. The lowest BCUT2D eigenvalue weighted by atomic mass is 9.78. The minimum Gasteiger partial charge on any atom is -0.399 e. The van der Waals surface area contributed by atoms with Crippen LogP contribution in [0, 0.1) is 6.92 Å². The van der Waals surface area contributed by atoms with E-state index in [1.807, 2.05) is 52.9 Å². The van der Waals surface area contributed by atoms with Gasteiger partial charge in [-0.05, 0) is 51.7 Å². The lowest BCUT2D eigenvalue weighted by Gasteiger charge is -2.32. The number of aromatic nitrogens is 1. The molecule has 3 rings (SSSR count). The van der Waals surface area contributed by atoms with E-state index in [1.165, 1.54) is 0 Å². The molecule has 2 aromatic rings. The third kappa shape index (κ3) is 2.20. The van der Waals surface area contributed by atoms with Crippen molar-refractivity contribution in [2.45, 2.75) is 52.7 Å². The topological polar surface area (TPSA) is 40.5 Å². The molecule has 1 aliphatic rings. The zero-order chi connectivity index (χ0) is 16.3. The third-order valence-electron chi connectivity index (χ3n) is 4.89. The first kappa shape index (κ1) is 15.3. The second-order valence-electron chi connectivity index (χ2n) is 7.07. The maximum absolute atomic E-state index is 11.7. The van der Waals surface area contributed by atoms with Crippen LogP contribution >= 0.6 is 0 Å². The Balaban J connectivity index is 2.04. The largest absolute Gasteiger partial charge is 0.494 e. The predicted molar refractivity (Wildman–Crippen MR) is 88.7 cm³/mol. The van der Waals surface area contributed by atoms with Gasteiger partial charge in [0.1, 0.15) is 0 Å². The first-order valence-corrected chi connectivity index (χ1v) is 7.60. The number of carbonyl (C=O) groups is 1. The number of fused-ring (bicyclic) bond motifs is 1. The molecule has 0 unspecified atom stereocenters. The number of carbonyl (C=O) groups excluding carboxylic acids is 1. The van der Waals surface area contributed by atoms with Gasteiger partial charge in [0.15, 0.2) is 0 Å². The average molecular weight is 299 g/mol. The number of aryl methyl sites for hydroxylation is 1. The lowest BCUT2D eigenvalue weighted by Crippen LogP contribution is -2.41. The van der Waals surface area contributed by atoms with E-state index in [1.54, 1.807) is 11.5 Å². The van der Waals surface area contributed by atoms with Crippen molar-refractivity contribution in [2.75, 3.05) is 0 Å². The SMILES string of the molecule is CC(=O)n1cc(C)c2cc(B3OC(C)(C)C(C)(C)O3)ccc21. The molecule has 0 N–H and O–H groups in total. The Labute approximate surface area is 131 Å². The Kier molecular flexibility index (Phi) is 3.27. The van der Waals surface area contributed by atoms with Crippen LogP contribution in [0.1, 0.15) is 45.0 Å². The molecule has 1 fully saturated rings. The third-order valence-corrected chi connectivity index (χ3v) is 4.89. The van der Waals surface area contributed by atoms with Gasteiger partial charge in [0, 0.05) is 18.5 Å². The average Bonchev–Trinajstić information content (AvgIpc) is 2.84. The summed E-state index contributed by atoms with van der Waals surface area (Å²) < 4.78 is 13.9. The molecule has 1 aliphatic heterocycles. The second kappa shape index (κ2) is 4.70. The summed E-state index contributed by atoms with van der Waals surface area (Å²) in [6.45, 7) is 11.8. The summed E-state index contributed by atoms with van der Waals surface area (Å²) in [6, 6.07) is 6.00. The van der Waals surface area contributed by atoms with Gasteiger partial charge in [-0.3, -0.25) is 9.36 Å². The summed E-state index contributed by atoms with van der Waals surface area (Å²) in [6.07, 6.45) is 1.88. The Morgan fingerprint density at radius 2 is 1.73 bits per heavy atom. The van der Waals surface area contributed by atoms with Crippen LogP contribution in [0.25, 0.3) is 10.9 Å². The van der Waals surface area contributed by atoms with Crippen LogP contribution < -0.4 is 5.46 Å². The van der Waals surface area contributed by atoms with Crippen LogP contribution in [0.4, 0.5) is 0 Å². The van der Waals surface area contributed by atoms with E-state index < -0.39 is 0 Å². The zero-order valence-electron chi connectivity index (χ0n) is 14.1. The van der Waals surface area contributed by atoms with E-state index in [0.29, 0.717) is 0 Å². The number of benzene rings is 1. The fourth-order valence-electron chi connectivity index (χ4n) is 2.80. The van der Waals surface area contributed by atoms with Crippen LogP contribution in [-0.2, 0) is 9.31 Å². The predicted octanol–water partition coefficient (Wildman–Crippen LogP) is 2.91. The van der Waals surface area contributed by atoms with E-state index in [0.717, 1.165) is 21.9 Å². The summed E-state index contributed by atoms with van der Waals surface area (Å²) in [7, 11) is -0.380. The van der Waals surface area contributed by atoms with Gasteiger partial charge in [-0.25, -0.2) is 0 Å².